The number of carbonyl (C=O) groups excluding carboxylic acids is 1. The van der Waals surface area contributed by atoms with Gasteiger partial charge in [0.1, 0.15) is 5.82 Å². The first-order valence-electron chi connectivity index (χ1n) is 8.44. The Morgan fingerprint density at radius 2 is 2.23 bits per heavy atom. The molecule has 0 spiro atoms. The van der Waals surface area contributed by atoms with E-state index in [9.17, 15) is 4.79 Å². The number of rotatable bonds is 3. The Labute approximate surface area is 133 Å². The van der Waals surface area contributed by atoms with Crippen molar-refractivity contribution in [1.29, 1.82) is 0 Å². The number of fused-ring (bicyclic) bond motifs is 1. The maximum Gasteiger partial charge on any atom is 0.220 e. The molecule has 1 aliphatic heterocycles. The molecule has 2 atom stereocenters. The summed E-state index contributed by atoms with van der Waals surface area (Å²) in [6, 6.07) is 0.243. The zero-order valence-electron chi connectivity index (χ0n) is 13.9. The summed E-state index contributed by atoms with van der Waals surface area (Å²) in [6.07, 6.45) is 11.4. The van der Waals surface area contributed by atoms with Gasteiger partial charge in [0.25, 0.3) is 0 Å². The maximum absolute atomic E-state index is 12.2. The van der Waals surface area contributed by atoms with E-state index in [4.69, 9.17) is 4.98 Å². The number of aromatic nitrogens is 2. The minimum absolute atomic E-state index is 0.0812. The van der Waals surface area contributed by atoms with Gasteiger partial charge in [0.15, 0.2) is 0 Å². The van der Waals surface area contributed by atoms with Crippen molar-refractivity contribution in [2.75, 3.05) is 0 Å². The van der Waals surface area contributed by atoms with Gasteiger partial charge < -0.3 is 9.88 Å². The Hall–Kier alpha value is -1.58. The van der Waals surface area contributed by atoms with Crippen molar-refractivity contribution in [1.82, 2.24) is 14.9 Å². The van der Waals surface area contributed by atoms with E-state index in [0.29, 0.717) is 12.3 Å². The average molecular weight is 301 g/mol. The number of nitrogens with one attached hydrogen (secondary N) is 1. The molecular formula is C18H27N3O. The average Bonchev–Trinajstić information content (AvgIpc) is 3.06. The van der Waals surface area contributed by atoms with Crippen LogP contribution in [0, 0.1) is 5.92 Å². The summed E-state index contributed by atoms with van der Waals surface area (Å²) < 4.78 is 2.23. The minimum Gasteiger partial charge on any atom is -0.352 e. The number of hydrogen-bond acceptors (Lipinski definition) is 2. The maximum atomic E-state index is 12.2. The number of amides is 1. The summed E-state index contributed by atoms with van der Waals surface area (Å²) in [4.78, 5) is 16.9. The second-order valence-corrected chi connectivity index (χ2v) is 7.72. The number of imidazole rings is 1. The monoisotopic (exact) mass is 301 g/mol. The van der Waals surface area contributed by atoms with Crippen molar-refractivity contribution < 1.29 is 4.79 Å². The van der Waals surface area contributed by atoms with Crippen LogP contribution in [0.15, 0.2) is 18.3 Å². The SMILES string of the molecule is CC(C)(C)c1cn2c(n1)CC[C@H](NC(=O)C[C@@H]1C=CCC1)C2. The van der Waals surface area contributed by atoms with E-state index in [1.54, 1.807) is 0 Å². The molecule has 1 aromatic rings. The Bertz CT molecular complexity index is 580. The summed E-state index contributed by atoms with van der Waals surface area (Å²) in [5.74, 6) is 1.80. The van der Waals surface area contributed by atoms with Crippen LogP contribution in [0.25, 0.3) is 0 Å². The van der Waals surface area contributed by atoms with Crippen LogP contribution in [-0.2, 0) is 23.2 Å². The van der Waals surface area contributed by atoms with Crippen LogP contribution in [0.2, 0.25) is 0 Å². The normalized spacial score (nSPS) is 24.3. The summed E-state index contributed by atoms with van der Waals surface area (Å²) in [5, 5.41) is 3.21. The first-order valence-corrected chi connectivity index (χ1v) is 8.44. The molecule has 2 heterocycles. The Balaban J connectivity index is 1.58. The first kappa shape index (κ1) is 15.3. The second-order valence-electron chi connectivity index (χ2n) is 7.72. The Kier molecular flexibility index (Phi) is 4.11. The smallest absolute Gasteiger partial charge is 0.220 e. The van der Waals surface area contributed by atoms with E-state index >= 15 is 0 Å². The summed E-state index contributed by atoms with van der Waals surface area (Å²) >= 11 is 0. The zero-order valence-corrected chi connectivity index (χ0v) is 13.9. The quantitative estimate of drug-likeness (QED) is 0.873. The van der Waals surface area contributed by atoms with Gasteiger partial charge in [-0.1, -0.05) is 32.9 Å². The predicted molar refractivity (Wildman–Crippen MR) is 87.7 cm³/mol. The van der Waals surface area contributed by atoms with Crippen molar-refractivity contribution >= 4 is 5.91 Å². The fourth-order valence-electron chi connectivity index (χ4n) is 3.31. The highest BCUT2D eigenvalue weighted by Crippen LogP contribution is 2.25. The molecule has 0 bridgehead atoms. The largest absolute Gasteiger partial charge is 0.352 e. The lowest BCUT2D eigenvalue weighted by Gasteiger charge is -2.25. The molecule has 0 aromatic carbocycles. The van der Waals surface area contributed by atoms with E-state index in [2.05, 4.69) is 49.0 Å². The van der Waals surface area contributed by atoms with Crippen molar-refractivity contribution in [2.24, 2.45) is 5.92 Å². The van der Waals surface area contributed by atoms with E-state index in [0.717, 1.165) is 43.7 Å². The minimum atomic E-state index is 0.0812. The molecule has 0 radical (unpaired) electrons. The molecule has 120 valence electrons. The van der Waals surface area contributed by atoms with Crippen LogP contribution >= 0.6 is 0 Å². The third-order valence-electron chi connectivity index (χ3n) is 4.69. The Morgan fingerprint density at radius 1 is 1.41 bits per heavy atom. The number of nitrogens with zero attached hydrogens (tertiary/aromatic N) is 2. The number of aryl methyl sites for hydroxylation is 1. The molecule has 1 N–H and O–H groups in total. The van der Waals surface area contributed by atoms with Gasteiger partial charge in [-0.25, -0.2) is 4.98 Å². The molecule has 4 heteroatoms. The fourth-order valence-corrected chi connectivity index (χ4v) is 3.31. The van der Waals surface area contributed by atoms with Gasteiger partial charge in [0, 0.05) is 37.0 Å². The topological polar surface area (TPSA) is 46.9 Å². The standard InChI is InChI=1S/C18H27N3O/c1-18(2,3)15-12-21-11-14(8-9-16(21)20-15)19-17(22)10-13-6-4-5-7-13/h4,6,12-14H,5,7-11H2,1-3H3,(H,19,22)/t13-,14+/m1/s1. The van der Waals surface area contributed by atoms with E-state index < -0.39 is 0 Å². The molecule has 0 saturated heterocycles. The molecule has 1 aliphatic carbocycles. The zero-order chi connectivity index (χ0) is 15.7. The van der Waals surface area contributed by atoms with Gasteiger partial charge >= 0.3 is 0 Å². The number of hydrogen-bond donors (Lipinski definition) is 1. The predicted octanol–water partition coefficient (Wildman–Crippen LogP) is 2.97. The molecule has 1 aromatic heterocycles. The van der Waals surface area contributed by atoms with Crippen molar-refractivity contribution in [2.45, 2.75) is 70.9 Å². The highest BCUT2D eigenvalue weighted by molar-refractivity contribution is 5.76. The van der Waals surface area contributed by atoms with Crippen LogP contribution in [0.3, 0.4) is 0 Å². The van der Waals surface area contributed by atoms with Crippen LogP contribution in [-0.4, -0.2) is 21.5 Å². The fraction of sp³-hybridized carbons (Fsp3) is 0.667. The third kappa shape index (κ3) is 3.42. The lowest BCUT2D eigenvalue weighted by molar-refractivity contribution is -0.122. The lowest BCUT2D eigenvalue weighted by Crippen LogP contribution is -2.41. The molecule has 3 rings (SSSR count). The molecule has 22 heavy (non-hydrogen) atoms. The van der Waals surface area contributed by atoms with Crippen molar-refractivity contribution in [3.63, 3.8) is 0 Å². The molecule has 2 aliphatic rings. The molecular weight excluding hydrogens is 274 g/mol. The highest BCUT2D eigenvalue weighted by atomic mass is 16.1. The highest BCUT2D eigenvalue weighted by Gasteiger charge is 2.25. The molecule has 0 unspecified atom stereocenters. The second kappa shape index (κ2) is 5.90. The van der Waals surface area contributed by atoms with Crippen LogP contribution in [0.4, 0.5) is 0 Å². The first-order chi connectivity index (χ1) is 10.4. The molecule has 1 amide bonds. The van der Waals surface area contributed by atoms with Gasteiger partial charge in [-0.05, 0) is 25.2 Å². The van der Waals surface area contributed by atoms with E-state index in [1.165, 1.54) is 0 Å². The van der Waals surface area contributed by atoms with Gasteiger partial charge in [0.2, 0.25) is 5.91 Å². The van der Waals surface area contributed by atoms with E-state index in [-0.39, 0.29) is 17.4 Å². The lowest BCUT2D eigenvalue weighted by atomic mass is 9.93. The molecule has 0 saturated carbocycles. The van der Waals surface area contributed by atoms with Crippen molar-refractivity contribution in [3.8, 4) is 0 Å². The van der Waals surface area contributed by atoms with Crippen molar-refractivity contribution in [3.05, 3.63) is 29.9 Å². The summed E-state index contributed by atoms with van der Waals surface area (Å²) in [5.41, 5.74) is 1.23. The Morgan fingerprint density at radius 3 is 2.91 bits per heavy atom. The third-order valence-corrected chi connectivity index (χ3v) is 4.69. The number of carbonyl (C=O) groups is 1. The number of allylic oxidation sites excluding steroid dienone is 2. The van der Waals surface area contributed by atoms with Gasteiger partial charge in [0.05, 0.1) is 5.69 Å². The molecule has 0 fully saturated rings. The van der Waals surface area contributed by atoms with Gasteiger partial charge in [-0.2, -0.15) is 0 Å². The summed E-state index contributed by atoms with van der Waals surface area (Å²) in [7, 11) is 0. The van der Waals surface area contributed by atoms with Gasteiger partial charge in [-0.15, -0.1) is 0 Å². The summed E-state index contributed by atoms with van der Waals surface area (Å²) in [6.45, 7) is 7.42. The van der Waals surface area contributed by atoms with Crippen LogP contribution in [0.5, 0.6) is 0 Å². The van der Waals surface area contributed by atoms with Crippen LogP contribution < -0.4 is 5.32 Å². The van der Waals surface area contributed by atoms with Gasteiger partial charge in [-0.3, -0.25) is 4.79 Å². The van der Waals surface area contributed by atoms with Crippen LogP contribution in [0.1, 0.15) is 58.0 Å². The van der Waals surface area contributed by atoms with E-state index in [1.807, 2.05) is 0 Å². The molecule has 4 nitrogen and oxygen atoms in total.